The minimum Gasteiger partial charge on any atom is -0.493 e. The number of benzene rings is 2. The molecule has 0 unspecified atom stereocenters. The smallest absolute Gasteiger partial charge is 0.244 e. The van der Waals surface area contributed by atoms with E-state index in [1.165, 1.54) is 44.0 Å². The average molecular weight is 395 g/mol. The molecule has 1 heterocycles. The second kappa shape index (κ2) is 10.7. The standard InChI is InChI=1S/C24H30N2O3/c1-28-22-12-10-19(16-23(22)29-2)11-13-24(27)25-17-20-6-8-21(9-7-20)18-26-14-4-3-5-15-26/h6-13,16H,3-5,14-15,17-18H2,1-2H3,(H,25,27)/b13-11+. The van der Waals surface area contributed by atoms with Gasteiger partial charge in [0.2, 0.25) is 5.91 Å². The van der Waals surface area contributed by atoms with Gasteiger partial charge in [-0.25, -0.2) is 0 Å². The van der Waals surface area contributed by atoms with E-state index in [0.29, 0.717) is 18.0 Å². The number of methoxy groups -OCH3 is 2. The van der Waals surface area contributed by atoms with Crippen molar-refractivity contribution in [3.63, 3.8) is 0 Å². The summed E-state index contributed by atoms with van der Waals surface area (Å²) in [5.74, 6) is 1.18. The Balaban J connectivity index is 1.48. The van der Waals surface area contributed by atoms with Crippen LogP contribution in [0.5, 0.6) is 11.5 Å². The summed E-state index contributed by atoms with van der Waals surface area (Å²) >= 11 is 0. The van der Waals surface area contributed by atoms with Crippen molar-refractivity contribution < 1.29 is 14.3 Å². The SMILES string of the molecule is COc1ccc(/C=C/C(=O)NCc2ccc(CN3CCCCC3)cc2)cc1OC. The lowest BCUT2D eigenvalue weighted by Gasteiger charge is -2.26. The van der Waals surface area contributed by atoms with Gasteiger partial charge in [0.25, 0.3) is 0 Å². The van der Waals surface area contributed by atoms with Crippen molar-refractivity contribution >= 4 is 12.0 Å². The minimum atomic E-state index is -0.128. The Morgan fingerprint density at radius 1 is 0.966 bits per heavy atom. The molecule has 5 nitrogen and oxygen atoms in total. The lowest BCUT2D eigenvalue weighted by Crippen LogP contribution is -2.29. The zero-order valence-corrected chi connectivity index (χ0v) is 17.3. The van der Waals surface area contributed by atoms with Crippen LogP contribution in [-0.2, 0) is 17.9 Å². The van der Waals surface area contributed by atoms with Gasteiger partial charge in [0, 0.05) is 19.2 Å². The van der Waals surface area contributed by atoms with Crippen molar-refractivity contribution in [3.05, 3.63) is 65.2 Å². The van der Waals surface area contributed by atoms with Crippen LogP contribution in [0, 0.1) is 0 Å². The third-order valence-corrected chi connectivity index (χ3v) is 5.18. The number of nitrogens with zero attached hydrogens (tertiary/aromatic N) is 1. The second-order valence-corrected chi connectivity index (χ2v) is 7.32. The lowest BCUT2D eigenvalue weighted by atomic mass is 10.1. The van der Waals surface area contributed by atoms with Crippen molar-refractivity contribution in [2.45, 2.75) is 32.4 Å². The first kappa shape index (κ1) is 20.9. The molecule has 0 spiro atoms. The van der Waals surface area contributed by atoms with E-state index in [1.807, 2.05) is 18.2 Å². The molecule has 0 aliphatic carbocycles. The van der Waals surface area contributed by atoms with Gasteiger partial charge in [-0.2, -0.15) is 0 Å². The van der Waals surface area contributed by atoms with Gasteiger partial charge in [0.1, 0.15) is 0 Å². The zero-order chi connectivity index (χ0) is 20.5. The molecule has 2 aromatic carbocycles. The number of hydrogen-bond acceptors (Lipinski definition) is 4. The number of carbonyl (C=O) groups excluding carboxylic acids is 1. The van der Waals surface area contributed by atoms with E-state index >= 15 is 0 Å². The fraction of sp³-hybridized carbons (Fsp3) is 0.375. The molecule has 29 heavy (non-hydrogen) atoms. The van der Waals surface area contributed by atoms with Gasteiger partial charge in [-0.05, 0) is 60.8 Å². The van der Waals surface area contributed by atoms with Gasteiger partial charge in [0.15, 0.2) is 11.5 Å². The summed E-state index contributed by atoms with van der Waals surface area (Å²) in [6.07, 6.45) is 7.27. The van der Waals surface area contributed by atoms with Crippen LogP contribution in [0.1, 0.15) is 36.0 Å². The van der Waals surface area contributed by atoms with E-state index in [1.54, 1.807) is 20.3 Å². The molecule has 3 rings (SSSR count). The molecule has 1 aliphatic rings. The summed E-state index contributed by atoms with van der Waals surface area (Å²) in [6, 6.07) is 14.1. The molecule has 0 atom stereocenters. The van der Waals surface area contributed by atoms with Crippen molar-refractivity contribution in [2.75, 3.05) is 27.3 Å². The molecule has 1 aliphatic heterocycles. The molecule has 1 N–H and O–H groups in total. The second-order valence-electron chi connectivity index (χ2n) is 7.32. The molecule has 0 saturated carbocycles. The van der Waals surface area contributed by atoms with Crippen LogP contribution in [0.15, 0.2) is 48.5 Å². The van der Waals surface area contributed by atoms with Gasteiger partial charge in [0.05, 0.1) is 14.2 Å². The van der Waals surface area contributed by atoms with E-state index in [0.717, 1.165) is 17.7 Å². The molecule has 0 bridgehead atoms. The Hall–Kier alpha value is -2.79. The van der Waals surface area contributed by atoms with Gasteiger partial charge < -0.3 is 14.8 Å². The number of likely N-dealkylation sites (tertiary alicyclic amines) is 1. The highest BCUT2D eigenvalue weighted by atomic mass is 16.5. The summed E-state index contributed by atoms with van der Waals surface area (Å²) in [5.41, 5.74) is 3.30. The first-order chi connectivity index (χ1) is 14.2. The predicted octanol–water partition coefficient (Wildman–Crippen LogP) is 4.02. The fourth-order valence-electron chi connectivity index (χ4n) is 3.51. The fourth-order valence-corrected chi connectivity index (χ4v) is 3.51. The summed E-state index contributed by atoms with van der Waals surface area (Å²) in [5, 5.41) is 2.93. The first-order valence-electron chi connectivity index (χ1n) is 10.2. The molecule has 154 valence electrons. The maximum Gasteiger partial charge on any atom is 0.244 e. The highest BCUT2D eigenvalue weighted by molar-refractivity contribution is 5.91. The number of rotatable bonds is 8. The van der Waals surface area contributed by atoms with Crippen LogP contribution in [0.25, 0.3) is 6.08 Å². The Bertz CT molecular complexity index is 825. The zero-order valence-electron chi connectivity index (χ0n) is 17.3. The van der Waals surface area contributed by atoms with Crippen LogP contribution in [0.4, 0.5) is 0 Å². The van der Waals surface area contributed by atoms with Gasteiger partial charge in [-0.15, -0.1) is 0 Å². The number of piperidine rings is 1. The summed E-state index contributed by atoms with van der Waals surface area (Å²) in [7, 11) is 3.19. The molecule has 1 fully saturated rings. The highest BCUT2D eigenvalue weighted by Crippen LogP contribution is 2.27. The number of nitrogens with one attached hydrogen (secondary N) is 1. The van der Waals surface area contributed by atoms with Crippen molar-refractivity contribution in [2.24, 2.45) is 0 Å². The maximum atomic E-state index is 12.1. The van der Waals surface area contributed by atoms with Crippen LogP contribution in [-0.4, -0.2) is 38.1 Å². The monoisotopic (exact) mass is 394 g/mol. The van der Waals surface area contributed by atoms with Crippen LogP contribution < -0.4 is 14.8 Å². The molecule has 0 aromatic heterocycles. The average Bonchev–Trinajstić information content (AvgIpc) is 2.77. The summed E-state index contributed by atoms with van der Waals surface area (Å²) in [4.78, 5) is 14.6. The topological polar surface area (TPSA) is 50.8 Å². The normalized spacial score (nSPS) is 14.7. The number of hydrogen-bond donors (Lipinski definition) is 1. The minimum absolute atomic E-state index is 0.128. The highest BCUT2D eigenvalue weighted by Gasteiger charge is 2.10. The van der Waals surface area contributed by atoms with E-state index in [9.17, 15) is 4.79 Å². The Morgan fingerprint density at radius 3 is 2.34 bits per heavy atom. The maximum absolute atomic E-state index is 12.1. The van der Waals surface area contributed by atoms with Gasteiger partial charge in [-0.1, -0.05) is 36.8 Å². The molecule has 5 heteroatoms. The Kier molecular flexibility index (Phi) is 7.70. The van der Waals surface area contributed by atoms with Crippen LogP contribution in [0.3, 0.4) is 0 Å². The Labute approximate surface area is 173 Å². The van der Waals surface area contributed by atoms with Crippen molar-refractivity contribution in [1.29, 1.82) is 0 Å². The quantitative estimate of drug-likeness (QED) is 0.687. The van der Waals surface area contributed by atoms with Crippen molar-refractivity contribution in [1.82, 2.24) is 10.2 Å². The molecule has 1 saturated heterocycles. The van der Waals surface area contributed by atoms with Crippen LogP contribution >= 0.6 is 0 Å². The summed E-state index contributed by atoms with van der Waals surface area (Å²) < 4.78 is 10.5. The van der Waals surface area contributed by atoms with E-state index in [4.69, 9.17) is 9.47 Å². The van der Waals surface area contributed by atoms with E-state index in [2.05, 4.69) is 34.5 Å². The van der Waals surface area contributed by atoms with Crippen LogP contribution in [0.2, 0.25) is 0 Å². The number of amides is 1. The largest absolute Gasteiger partial charge is 0.493 e. The van der Waals surface area contributed by atoms with E-state index in [-0.39, 0.29) is 5.91 Å². The number of carbonyl (C=O) groups is 1. The Morgan fingerprint density at radius 2 is 1.66 bits per heavy atom. The molecule has 0 radical (unpaired) electrons. The predicted molar refractivity (Wildman–Crippen MR) is 116 cm³/mol. The molecule has 1 amide bonds. The summed E-state index contributed by atoms with van der Waals surface area (Å²) in [6.45, 7) is 3.92. The van der Waals surface area contributed by atoms with Gasteiger partial charge >= 0.3 is 0 Å². The van der Waals surface area contributed by atoms with Crippen molar-refractivity contribution in [3.8, 4) is 11.5 Å². The van der Waals surface area contributed by atoms with E-state index < -0.39 is 0 Å². The molecular formula is C24H30N2O3. The molecule has 2 aromatic rings. The third kappa shape index (κ3) is 6.36. The molecular weight excluding hydrogens is 364 g/mol. The first-order valence-corrected chi connectivity index (χ1v) is 10.2. The lowest BCUT2D eigenvalue weighted by molar-refractivity contribution is -0.116. The number of ether oxygens (including phenoxy) is 2. The van der Waals surface area contributed by atoms with Gasteiger partial charge in [-0.3, -0.25) is 9.69 Å². The third-order valence-electron chi connectivity index (χ3n) is 5.18.